The van der Waals surface area contributed by atoms with Crippen LogP contribution in [-0.4, -0.2) is 20.2 Å². The monoisotopic (exact) mass is 335 g/mol. The first-order chi connectivity index (χ1) is 10.7. The van der Waals surface area contributed by atoms with E-state index in [9.17, 15) is 12.8 Å². The highest BCUT2D eigenvalue weighted by Gasteiger charge is 2.28. The predicted molar refractivity (Wildman–Crippen MR) is 92.4 cm³/mol. The van der Waals surface area contributed by atoms with Gasteiger partial charge in [-0.1, -0.05) is 54.6 Å². The Morgan fingerprint density at radius 2 is 1.52 bits per heavy atom. The fourth-order valence-electron chi connectivity index (χ4n) is 2.15. The van der Waals surface area contributed by atoms with Gasteiger partial charge in [0.15, 0.2) is 0 Å². The second kappa shape index (κ2) is 6.81. The maximum Gasteiger partial charge on any atom is 0.214 e. The van der Waals surface area contributed by atoms with Gasteiger partial charge in [0.1, 0.15) is 5.67 Å². The van der Waals surface area contributed by atoms with Crippen molar-refractivity contribution in [1.29, 1.82) is 0 Å². The van der Waals surface area contributed by atoms with Crippen LogP contribution in [0.25, 0.3) is 11.1 Å². The number of hydrogen-bond donors (Lipinski definition) is 1. The first-order valence-corrected chi connectivity index (χ1v) is 9.10. The number of rotatable bonds is 6. The number of alkyl halides is 1. The average Bonchev–Trinajstić information content (AvgIpc) is 2.54. The van der Waals surface area contributed by atoms with Crippen molar-refractivity contribution in [1.82, 2.24) is 4.72 Å². The Morgan fingerprint density at radius 1 is 1.00 bits per heavy atom. The molecule has 2 rings (SSSR count). The largest absolute Gasteiger partial charge is 0.238 e. The Hall–Kier alpha value is -1.72. The lowest BCUT2D eigenvalue weighted by atomic mass is 9.95. The van der Waals surface area contributed by atoms with Crippen molar-refractivity contribution in [3.8, 4) is 11.1 Å². The Kier molecular flexibility index (Phi) is 5.22. The quantitative estimate of drug-likeness (QED) is 0.871. The van der Waals surface area contributed by atoms with Crippen LogP contribution in [0.15, 0.2) is 54.6 Å². The van der Waals surface area contributed by atoms with Crippen molar-refractivity contribution < 1.29 is 12.8 Å². The zero-order valence-corrected chi connectivity index (χ0v) is 14.4. The molecule has 23 heavy (non-hydrogen) atoms. The van der Waals surface area contributed by atoms with Crippen molar-refractivity contribution >= 4 is 10.0 Å². The lowest BCUT2D eigenvalue weighted by Gasteiger charge is -2.22. The molecule has 0 saturated carbocycles. The van der Waals surface area contributed by atoms with Crippen LogP contribution in [-0.2, 0) is 15.7 Å². The van der Waals surface area contributed by atoms with Crippen LogP contribution in [0.5, 0.6) is 0 Å². The van der Waals surface area contributed by atoms with Crippen LogP contribution in [0.4, 0.5) is 4.39 Å². The minimum atomic E-state index is -3.48. The standard InChI is InChI=1S/C18H22FNO2S/c1-14(2)23(21,22)20-13-18(3,19)17-11-9-16(10-12-17)15-7-5-4-6-8-15/h4-12,14,20H,13H2,1-3H3. The Bertz CT molecular complexity index is 738. The molecular formula is C18H22FNO2S. The molecule has 2 aromatic carbocycles. The third-order valence-electron chi connectivity index (χ3n) is 3.82. The van der Waals surface area contributed by atoms with Crippen LogP contribution in [0.3, 0.4) is 0 Å². The number of halogens is 1. The molecule has 0 bridgehead atoms. The maximum atomic E-state index is 14.8. The first-order valence-electron chi connectivity index (χ1n) is 7.56. The van der Waals surface area contributed by atoms with Crippen molar-refractivity contribution in [2.75, 3.05) is 6.54 Å². The van der Waals surface area contributed by atoms with Crippen LogP contribution < -0.4 is 4.72 Å². The van der Waals surface area contributed by atoms with E-state index in [1.807, 2.05) is 42.5 Å². The fourth-order valence-corrected chi connectivity index (χ4v) is 2.95. The minimum Gasteiger partial charge on any atom is -0.238 e. The normalized spacial score (nSPS) is 14.7. The molecule has 2 aromatic rings. The highest BCUT2D eigenvalue weighted by atomic mass is 32.2. The zero-order chi connectivity index (χ0) is 17.1. The van der Waals surface area contributed by atoms with Gasteiger partial charge < -0.3 is 0 Å². The van der Waals surface area contributed by atoms with Gasteiger partial charge >= 0.3 is 0 Å². The third-order valence-corrected chi connectivity index (χ3v) is 5.61. The lowest BCUT2D eigenvalue weighted by molar-refractivity contribution is 0.196. The summed E-state index contributed by atoms with van der Waals surface area (Å²) in [5.41, 5.74) is 0.730. The second-order valence-corrected chi connectivity index (χ2v) is 8.38. The second-order valence-electron chi connectivity index (χ2n) is 6.06. The molecule has 0 fully saturated rings. The van der Waals surface area contributed by atoms with Crippen LogP contribution in [0.1, 0.15) is 26.3 Å². The van der Waals surface area contributed by atoms with Gasteiger partial charge in [-0.25, -0.2) is 17.5 Å². The summed E-state index contributed by atoms with van der Waals surface area (Å²) in [7, 11) is -3.48. The van der Waals surface area contributed by atoms with Gasteiger partial charge in [0.25, 0.3) is 0 Å². The molecule has 1 N–H and O–H groups in total. The molecular weight excluding hydrogens is 313 g/mol. The van der Waals surface area contributed by atoms with Crippen molar-refractivity contribution in [3.05, 3.63) is 60.2 Å². The van der Waals surface area contributed by atoms with E-state index in [1.54, 1.807) is 26.0 Å². The minimum absolute atomic E-state index is 0.280. The third kappa shape index (κ3) is 4.39. The fraction of sp³-hybridized carbons (Fsp3) is 0.333. The number of sulfonamides is 1. The van der Waals surface area contributed by atoms with Gasteiger partial charge in [-0.05, 0) is 37.5 Å². The summed E-state index contributed by atoms with van der Waals surface area (Å²) < 4.78 is 40.7. The molecule has 0 aliphatic heterocycles. The molecule has 1 unspecified atom stereocenters. The topological polar surface area (TPSA) is 46.2 Å². The molecule has 0 radical (unpaired) electrons. The van der Waals surface area contributed by atoms with Gasteiger partial charge in [-0.2, -0.15) is 0 Å². The van der Waals surface area contributed by atoms with Crippen molar-refractivity contribution in [2.24, 2.45) is 0 Å². The van der Waals surface area contributed by atoms with Crippen molar-refractivity contribution in [3.63, 3.8) is 0 Å². The SMILES string of the molecule is CC(C)S(=O)(=O)NCC(C)(F)c1ccc(-c2ccccc2)cc1. The van der Waals surface area contributed by atoms with Crippen LogP contribution >= 0.6 is 0 Å². The van der Waals surface area contributed by atoms with E-state index < -0.39 is 20.9 Å². The summed E-state index contributed by atoms with van der Waals surface area (Å²) in [5.74, 6) is 0. The summed E-state index contributed by atoms with van der Waals surface area (Å²) in [6.45, 7) is 4.23. The van der Waals surface area contributed by atoms with E-state index in [4.69, 9.17) is 0 Å². The average molecular weight is 335 g/mol. The summed E-state index contributed by atoms with van der Waals surface area (Å²) in [6.07, 6.45) is 0. The van der Waals surface area contributed by atoms with Gasteiger partial charge in [-0.3, -0.25) is 0 Å². The molecule has 1 atom stereocenters. The molecule has 0 saturated heterocycles. The highest BCUT2D eigenvalue weighted by molar-refractivity contribution is 7.90. The van der Waals surface area contributed by atoms with Gasteiger partial charge in [0, 0.05) is 6.54 Å². The highest BCUT2D eigenvalue weighted by Crippen LogP contribution is 2.28. The molecule has 0 aliphatic rings. The molecule has 124 valence electrons. The van der Waals surface area contributed by atoms with E-state index in [0.29, 0.717) is 5.56 Å². The van der Waals surface area contributed by atoms with Crippen LogP contribution in [0.2, 0.25) is 0 Å². The number of hydrogen-bond acceptors (Lipinski definition) is 2. The smallest absolute Gasteiger partial charge is 0.214 e. The first kappa shape index (κ1) is 17.6. The molecule has 0 aromatic heterocycles. The zero-order valence-electron chi connectivity index (χ0n) is 13.6. The Labute approximate surface area is 137 Å². The molecule has 0 spiro atoms. The van der Waals surface area contributed by atoms with Gasteiger partial charge in [0.05, 0.1) is 5.25 Å². The van der Waals surface area contributed by atoms with Gasteiger partial charge in [0.2, 0.25) is 10.0 Å². The Morgan fingerprint density at radius 3 is 2.04 bits per heavy atom. The number of benzene rings is 2. The summed E-state index contributed by atoms with van der Waals surface area (Å²) >= 11 is 0. The lowest BCUT2D eigenvalue weighted by Crippen LogP contribution is -2.39. The molecule has 0 aliphatic carbocycles. The summed E-state index contributed by atoms with van der Waals surface area (Å²) in [5, 5.41) is -0.584. The molecule has 3 nitrogen and oxygen atoms in total. The predicted octanol–water partition coefficient (Wildman–Crippen LogP) is 3.87. The molecule has 5 heteroatoms. The number of nitrogens with one attached hydrogen (secondary N) is 1. The Balaban J connectivity index is 2.14. The summed E-state index contributed by atoms with van der Waals surface area (Å²) in [6, 6.07) is 16.9. The van der Waals surface area contributed by atoms with Crippen molar-refractivity contribution in [2.45, 2.75) is 31.7 Å². The van der Waals surface area contributed by atoms with E-state index in [0.717, 1.165) is 11.1 Å². The molecule has 0 heterocycles. The van der Waals surface area contributed by atoms with E-state index in [2.05, 4.69) is 4.72 Å². The maximum absolute atomic E-state index is 14.8. The molecule has 0 amide bonds. The van der Waals surface area contributed by atoms with Gasteiger partial charge in [-0.15, -0.1) is 0 Å². The van der Waals surface area contributed by atoms with E-state index in [-0.39, 0.29) is 6.54 Å². The van der Waals surface area contributed by atoms with E-state index >= 15 is 0 Å². The summed E-state index contributed by atoms with van der Waals surface area (Å²) in [4.78, 5) is 0. The van der Waals surface area contributed by atoms with Crippen LogP contribution in [0, 0.1) is 0 Å². The van der Waals surface area contributed by atoms with E-state index in [1.165, 1.54) is 6.92 Å².